The van der Waals surface area contributed by atoms with E-state index in [1.54, 1.807) is 7.05 Å². The Balaban J connectivity index is 1.87. The summed E-state index contributed by atoms with van der Waals surface area (Å²) in [6, 6.07) is 7.90. The number of guanidine groups is 1. The van der Waals surface area contributed by atoms with Gasteiger partial charge >= 0.3 is 6.03 Å². The number of hydrogen-bond acceptors (Lipinski definition) is 2. The summed E-state index contributed by atoms with van der Waals surface area (Å²) in [7, 11) is 1.76. The van der Waals surface area contributed by atoms with Crippen LogP contribution in [0.4, 0.5) is 10.5 Å². The number of urea groups is 1. The molecule has 0 unspecified atom stereocenters. The van der Waals surface area contributed by atoms with Gasteiger partial charge in [-0.25, -0.2) is 4.79 Å². The Morgan fingerprint density at radius 1 is 1.26 bits per heavy atom. The molecule has 1 aromatic rings. The summed E-state index contributed by atoms with van der Waals surface area (Å²) in [5, 5.41) is 9.48. The van der Waals surface area contributed by atoms with E-state index in [2.05, 4.69) is 27.9 Å². The SMILES string of the molecule is CCCNC(=NC)NCc1cccc(NC(=O)N2CCCC2)c1. The highest BCUT2D eigenvalue weighted by Crippen LogP contribution is 2.14. The normalized spacial score (nSPS) is 14.7. The van der Waals surface area contributed by atoms with E-state index in [1.807, 2.05) is 29.2 Å². The number of hydrogen-bond donors (Lipinski definition) is 3. The number of amides is 2. The average molecular weight is 317 g/mol. The van der Waals surface area contributed by atoms with Crippen molar-refractivity contribution in [2.75, 3.05) is 32.0 Å². The zero-order valence-corrected chi connectivity index (χ0v) is 14.1. The smallest absolute Gasteiger partial charge is 0.321 e. The molecule has 3 N–H and O–H groups in total. The number of benzene rings is 1. The maximum Gasteiger partial charge on any atom is 0.321 e. The molecule has 1 heterocycles. The van der Waals surface area contributed by atoms with Crippen molar-refractivity contribution in [3.05, 3.63) is 29.8 Å². The van der Waals surface area contributed by atoms with Gasteiger partial charge in [0.25, 0.3) is 0 Å². The zero-order chi connectivity index (χ0) is 16.5. The van der Waals surface area contributed by atoms with E-state index in [1.165, 1.54) is 0 Å². The molecule has 0 radical (unpaired) electrons. The van der Waals surface area contributed by atoms with Crippen molar-refractivity contribution >= 4 is 17.7 Å². The van der Waals surface area contributed by atoms with E-state index >= 15 is 0 Å². The lowest BCUT2D eigenvalue weighted by Gasteiger charge is -2.17. The number of nitrogens with zero attached hydrogens (tertiary/aromatic N) is 2. The Kier molecular flexibility index (Phi) is 6.72. The molecule has 0 spiro atoms. The molecular formula is C17H27N5O. The average Bonchev–Trinajstić information content (AvgIpc) is 3.10. The first-order valence-corrected chi connectivity index (χ1v) is 8.32. The topological polar surface area (TPSA) is 68.8 Å². The molecule has 2 rings (SSSR count). The second kappa shape index (κ2) is 9.02. The molecule has 0 aromatic heterocycles. The fraction of sp³-hybridized carbons (Fsp3) is 0.529. The van der Waals surface area contributed by atoms with Crippen LogP contribution in [0.15, 0.2) is 29.3 Å². The van der Waals surface area contributed by atoms with Gasteiger partial charge in [0.15, 0.2) is 5.96 Å². The van der Waals surface area contributed by atoms with E-state index in [9.17, 15) is 4.79 Å². The van der Waals surface area contributed by atoms with Gasteiger partial charge in [-0.3, -0.25) is 4.99 Å². The molecule has 1 aliphatic rings. The molecule has 0 aliphatic carbocycles. The van der Waals surface area contributed by atoms with E-state index in [-0.39, 0.29) is 6.03 Å². The largest absolute Gasteiger partial charge is 0.356 e. The van der Waals surface area contributed by atoms with Gasteiger partial charge in [0.05, 0.1) is 0 Å². The first-order chi connectivity index (χ1) is 11.2. The summed E-state index contributed by atoms with van der Waals surface area (Å²) in [5.74, 6) is 0.790. The lowest BCUT2D eigenvalue weighted by molar-refractivity contribution is 0.222. The number of rotatable bonds is 5. The minimum Gasteiger partial charge on any atom is -0.356 e. The second-order valence-corrected chi connectivity index (χ2v) is 5.68. The van der Waals surface area contributed by atoms with Gasteiger partial charge in [0.2, 0.25) is 0 Å². The van der Waals surface area contributed by atoms with Crippen LogP contribution in [0.3, 0.4) is 0 Å². The summed E-state index contributed by atoms with van der Waals surface area (Å²) in [6.07, 6.45) is 3.25. The fourth-order valence-corrected chi connectivity index (χ4v) is 2.53. The van der Waals surface area contributed by atoms with Gasteiger partial charge in [0.1, 0.15) is 0 Å². The Bertz CT molecular complexity index is 538. The Morgan fingerprint density at radius 3 is 2.74 bits per heavy atom. The maximum atomic E-state index is 12.1. The molecule has 1 aromatic carbocycles. The standard InChI is InChI=1S/C17H27N5O/c1-3-9-19-16(18-2)20-13-14-7-6-8-15(12-14)21-17(23)22-10-4-5-11-22/h6-8,12H,3-5,9-11,13H2,1-2H3,(H,21,23)(H2,18,19,20). The van der Waals surface area contributed by atoms with Crippen LogP contribution < -0.4 is 16.0 Å². The summed E-state index contributed by atoms with van der Waals surface area (Å²) < 4.78 is 0. The molecule has 1 fully saturated rings. The van der Waals surface area contributed by atoms with Crippen LogP contribution >= 0.6 is 0 Å². The third kappa shape index (κ3) is 5.47. The molecular weight excluding hydrogens is 290 g/mol. The lowest BCUT2D eigenvalue weighted by Crippen LogP contribution is -2.37. The minimum absolute atomic E-state index is 0.00645. The van der Waals surface area contributed by atoms with Gasteiger partial charge in [-0.1, -0.05) is 19.1 Å². The fourth-order valence-electron chi connectivity index (χ4n) is 2.53. The molecule has 1 aliphatic heterocycles. The van der Waals surface area contributed by atoms with Crippen LogP contribution in [0.5, 0.6) is 0 Å². The highest BCUT2D eigenvalue weighted by atomic mass is 16.2. The molecule has 6 nitrogen and oxygen atoms in total. The first-order valence-electron chi connectivity index (χ1n) is 8.32. The van der Waals surface area contributed by atoms with E-state index in [0.29, 0.717) is 6.54 Å². The summed E-state index contributed by atoms with van der Waals surface area (Å²) >= 11 is 0. The van der Waals surface area contributed by atoms with Crippen LogP contribution in [0.2, 0.25) is 0 Å². The van der Waals surface area contributed by atoms with Crippen LogP contribution in [0.1, 0.15) is 31.7 Å². The predicted octanol–water partition coefficient (Wildman–Crippen LogP) is 2.39. The third-order valence-electron chi connectivity index (χ3n) is 3.80. The summed E-state index contributed by atoms with van der Waals surface area (Å²) in [4.78, 5) is 18.2. The molecule has 0 atom stereocenters. The van der Waals surface area contributed by atoms with Crippen molar-refractivity contribution in [3.63, 3.8) is 0 Å². The van der Waals surface area contributed by atoms with Crippen molar-refractivity contribution in [2.45, 2.75) is 32.7 Å². The summed E-state index contributed by atoms with van der Waals surface area (Å²) in [5.41, 5.74) is 1.93. The number of carbonyl (C=O) groups is 1. The van der Waals surface area contributed by atoms with Gasteiger partial charge in [-0.05, 0) is 37.0 Å². The number of nitrogens with one attached hydrogen (secondary N) is 3. The molecule has 6 heteroatoms. The molecule has 0 bridgehead atoms. The van der Waals surface area contributed by atoms with E-state index in [0.717, 1.165) is 56.1 Å². The first kappa shape index (κ1) is 17.1. The maximum absolute atomic E-state index is 12.1. The van der Waals surface area contributed by atoms with Crippen molar-refractivity contribution in [2.24, 2.45) is 4.99 Å². The van der Waals surface area contributed by atoms with Crippen LogP contribution in [-0.2, 0) is 6.54 Å². The lowest BCUT2D eigenvalue weighted by atomic mass is 10.2. The van der Waals surface area contributed by atoms with Crippen LogP contribution in [0, 0.1) is 0 Å². The number of aliphatic imine (C=N–C) groups is 1. The van der Waals surface area contributed by atoms with Gasteiger partial charge < -0.3 is 20.9 Å². The van der Waals surface area contributed by atoms with Crippen LogP contribution in [0.25, 0.3) is 0 Å². The minimum atomic E-state index is -0.00645. The van der Waals surface area contributed by atoms with Gasteiger partial charge in [-0.2, -0.15) is 0 Å². The number of anilines is 1. The predicted molar refractivity (Wildman–Crippen MR) is 94.8 cm³/mol. The van der Waals surface area contributed by atoms with E-state index < -0.39 is 0 Å². The second-order valence-electron chi connectivity index (χ2n) is 5.68. The number of carbonyl (C=O) groups excluding carboxylic acids is 1. The van der Waals surface area contributed by atoms with Crippen molar-refractivity contribution in [3.8, 4) is 0 Å². The van der Waals surface area contributed by atoms with Gasteiger partial charge in [0, 0.05) is 38.9 Å². The summed E-state index contributed by atoms with van der Waals surface area (Å²) in [6.45, 7) is 5.38. The Hall–Kier alpha value is -2.24. The van der Waals surface area contributed by atoms with E-state index in [4.69, 9.17) is 0 Å². The molecule has 126 valence electrons. The van der Waals surface area contributed by atoms with Crippen LogP contribution in [-0.4, -0.2) is 43.6 Å². The Morgan fingerprint density at radius 2 is 2.04 bits per heavy atom. The molecule has 23 heavy (non-hydrogen) atoms. The van der Waals surface area contributed by atoms with Gasteiger partial charge in [-0.15, -0.1) is 0 Å². The molecule has 2 amide bonds. The highest BCUT2D eigenvalue weighted by molar-refractivity contribution is 5.89. The quantitative estimate of drug-likeness (QED) is 0.577. The van der Waals surface area contributed by atoms with Crippen molar-refractivity contribution in [1.29, 1.82) is 0 Å². The third-order valence-corrected chi connectivity index (χ3v) is 3.80. The zero-order valence-electron chi connectivity index (χ0n) is 14.1. The molecule has 0 saturated carbocycles. The monoisotopic (exact) mass is 317 g/mol. The molecule has 1 saturated heterocycles. The van der Waals surface area contributed by atoms with Crippen molar-refractivity contribution < 1.29 is 4.79 Å². The number of likely N-dealkylation sites (tertiary alicyclic amines) is 1. The Labute approximate surface area is 138 Å². The highest BCUT2D eigenvalue weighted by Gasteiger charge is 2.17. The van der Waals surface area contributed by atoms with Crippen molar-refractivity contribution in [1.82, 2.24) is 15.5 Å².